The number of nitro benzene ring substituents is 1. The number of aryl methyl sites for hydroxylation is 1. The van der Waals surface area contributed by atoms with Crippen molar-refractivity contribution in [2.24, 2.45) is 0 Å². The standard InChI is InChI=1S/C20H16ClN3O5S/c1-10-8-12(21)4-7-14(10)22-18(26)16-17(25)15-9-30-20(23(15)19(16)27)11-2-5-13(6-3-11)24(28)29/h2-8,15,20,25H,9H2,1H3,(H,22,26)/t15?,20-/m0/s1. The van der Waals surface area contributed by atoms with Crippen LogP contribution >= 0.6 is 23.4 Å². The van der Waals surface area contributed by atoms with Crippen molar-refractivity contribution in [3.63, 3.8) is 0 Å². The third-order valence-corrected chi connectivity index (χ3v) is 6.63. The van der Waals surface area contributed by atoms with Crippen molar-refractivity contribution < 1.29 is 19.6 Å². The molecule has 2 atom stereocenters. The average Bonchev–Trinajstić information content (AvgIpc) is 3.24. The maximum Gasteiger partial charge on any atom is 0.269 e. The number of halogens is 1. The van der Waals surface area contributed by atoms with E-state index in [1.54, 1.807) is 37.3 Å². The van der Waals surface area contributed by atoms with Crippen LogP contribution in [0.4, 0.5) is 11.4 Å². The Morgan fingerprint density at radius 2 is 2.00 bits per heavy atom. The second-order valence-electron chi connectivity index (χ2n) is 6.94. The van der Waals surface area contributed by atoms with Gasteiger partial charge in [0.1, 0.15) is 22.7 Å². The third-order valence-electron chi connectivity index (χ3n) is 5.07. The number of nitrogens with zero attached hydrogens (tertiary/aromatic N) is 2. The molecule has 2 heterocycles. The van der Waals surface area contributed by atoms with Gasteiger partial charge in [0.2, 0.25) is 0 Å². The molecule has 0 aromatic heterocycles. The molecule has 154 valence electrons. The zero-order valence-corrected chi connectivity index (χ0v) is 17.2. The zero-order valence-electron chi connectivity index (χ0n) is 15.7. The molecule has 1 unspecified atom stereocenters. The predicted molar refractivity (Wildman–Crippen MR) is 113 cm³/mol. The first-order valence-electron chi connectivity index (χ1n) is 8.97. The summed E-state index contributed by atoms with van der Waals surface area (Å²) in [7, 11) is 0. The van der Waals surface area contributed by atoms with E-state index >= 15 is 0 Å². The second-order valence-corrected chi connectivity index (χ2v) is 8.49. The van der Waals surface area contributed by atoms with Gasteiger partial charge in [0.05, 0.1) is 4.92 Å². The molecule has 4 rings (SSSR count). The number of carbonyl (C=O) groups is 2. The first-order chi connectivity index (χ1) is 14.3. The molecule has 0 aliphatic carbocycles. The first kappa shape index (κ1) is 20.2. The van der Waals surface area contributed by atoms with Gasteiger partial charge in [-0.1, -0.05) is 11.6 Å². The number of benzene rings is 2. The maximum atomic E-state index is 13.0. The van der Waals surface area contributed by atoms with E-state index in [-0.39, 0.29) is 17.0 Å². The zero-order chi connectivity index (χ0) is 21.6. The number of aliphatic hydroxyl groups is 1. The summed E-state index contributed by atoms with van der Waals surface area (Å²) in [6.07, 6.45) is 0. The Morgan fingerprint density at radius 1 is 1.30 bits per heavy atom. The Kier molecular flexibility index (Phi) is 5.17. The number of amides is 2. The number of anilines is 1. The Labute approximate surface area is 180 Å². The summed E-state index contributed by atoms with van der Waals surface area (Å²) in [4.78, 5) is 37.6. The topological polar surface area (TPSA) is 113 Å². The van der Waals surface area contributed by atoms with Gasteiger partial charge in [0.15, 0.2) is 0 Å². The molecule has 2 aromatic carbocycles. The molecule has 2 aliphatic rings. The normalized spacial score (nSPS) is 20.5. The molecular formula is C20H16ClN3O5S. The second kappa shape index (κ2) is 7.66. The summed E-state index contributed by atoms with van der Waals surface area (Å²) in [5.74, 6) is -1.11. The van der Waals surface area contributed by atoms with Crippen LogP contribution in [-0.4, -0.2) is 38.5 Å². The SMILES string of the molecule is Cc1cc(Cl)ccc1NC(=O)C1=C(O)C2CS[C@@H](c3ccc([N+](=O)[O-])cc3)N2C1=O. The Hall–Kier alpha value is -3.04. The van der Waals surface area contributed by atoms with Crippen molar-refractivity contribution in [2.45, 2.75) is 18.3 Å². The van der Waals surface area contributed by atoms with Crippen molar-refractivity contribution in [1.82, 2.24) is 4.90 Å². The molecule has 1 fully saturated rings. The van der Waals surface area contributed by atoms with Crippen LogP contribution in [0.1, 0.15) is 16.5 Å². The summed E-state index contributed by atoms with van der Waals surface area (Å²) >= 11 is 7.36. The van der Waals surface area contributed by atoms with E-state index in [0.29, 0.717) is 22.0 Å². The van der Waals surface area contributed by atoms with Crippen molar-refractivity contribution in [1.29, 1.82) is 0 Å². The van der Waals surface area contributed by atoms with Gasteiger partial charge in [-0.25, -0.2) is 0 Å². The molecule has 0 bridgehead atoms. The molecule has 2 aromatic rings. The molecule has 2 aliphatic heterocycles. The summed E-state index contributed by atoms with van der Waals surface area (Å²) < 4.78 is 0. The van der Waals surface area contributed by atoms with Crippen LogP contribution < -0.4 is 5.32 Å². The van der Waals surface area contributed by atoms with Crippen molar-refractivity contribution >= 4 is 46.6 Å². The fourth-order valence-electron chi connectivity index (χ4n) is 3.55. The lowest BCUT2D eigenvalue weighted by atomic mass is 10.1. The fourth-order valence-corrected chi connectivity index (χ4v) is 5.22. The van der Waals surface area contributed by atoms with Gasteiger partial charge >= 0.3 is 0 Å². The third kappa shape index (κ3) is 3.40. The number of fused-ring (bicyclic) bond motifs is 1. The van der Waals surface area contributed by atoms with Gasteiger partial charge in [-0.2, -0.15) is 0 Å². The van der Waals surface area contributed by atoms with E-state index in [0.717, 1.165) is 5.56 Å². The number of nitro groups is 1. The van der Waals surface area contributed by atoms with Gasteiger partial charge in [-0.3, -0.25) is 19.7 Å². The largest absolute Gasteiger partial charge is 0.509 e. The molecule has 1 saturated heterocycles. The summed E-state index contributed by atoms with van der Waals surface area (Å²) in [6, 6.07) is 10.2. The lowest BCUT2D eigenvalue weighted by Crippen LogP contribution is -2.34. The summed E-state index contributed by atoms with van der Waals surface area (Å²) in [5.41, 5.74) is 1.56. The van der Waals surface area contributed by atoms with Crippen molar-refractivity contribution in [3.8, 4) is 0 Å². The van der Waals surface area contributed by atoms with Crippen LogP contribution in [0.2, 0.25) is 5.02 Å². The Morgan fingerprint density at radius 3 is 2.63 bits per heavy atom. The highest BCUT2D eigenvalue weighted by Gasteiger charge is 2.50. The molecule has 8 nitrogen and oxygen atoms in total. The predicted octanol–water partition coefficient (Wildman–Crippen LogP) is 3.96. The first-order valence-corrected chi connectivity index (χ1v) is 10.4. The molecule has 0 radical (unpaired) electrons. The minimum atomic E-state index is -0.690. The lowest BCUT2D eigenvalue weighted by Gasteiger charge is -2.23. The van der Waals surface area contributed by atoms with Crippen LogP contribution in [0.15, 0.2) is 53.8 Å². The molecule has 2 N–H and O–H groups in total. The number of hydrogen-bond acceptors (Lipinski definition) is 6. The lowest BCUT2D eigenvalue weighted by molar-refractivity contribution is -0.384. The van der Waals surface area contributed by atoms with E-state index in [9.17, 15) is 24.8 Å². The maximum absolute atomic E-state index is 13.0. The van der Waals surface area contributed by atoms with Gasteiger partial charge < -0.3 is 15.3 Å². The highest BCUT2D eigenvalue weighted by molar-refractivity contribution is 7.99. The minimum Gasteiger partial charge on any atom is -0.509 e. The number of hydrogen-bond donors (Lipinski definition) is 2. The Balaban J connectivity index is 1.57. The summed E-state index contributed by atoms with van der Waals surface area (Å²) in [6.45, 7) is 1.77. The van der Waals surface area contributed by atoms with E-state index in [2.05, 4.69) is 5.32 Å². The van der Waals surface area contributed by atoms with Crippen molar-refractivity contribution in [2.75, 3.05) is 11.1 Å². The quantitative estimate of drug-likeness (QED) is 0.418. The number of aliphatic hydroxyl groups excluding tert-OH is 1. The van der Waals surface area contributed by atoms with E-state index < -0.39 is 28.2 Å². The number of thioether (sulfide) groups is 1. The van der Waals surface area contributed by atoms with Crippen molar-refractivity contribution in [3.05, 3.63) is 80.1 Å². The molecular weight excluding hydrogens is 430 g/mol. The van der Waals surface area contributed by atoms with Gasteiger partial charge in [-0.15, -0.1) is 11.8 Å². The fraction of sp³-hybridized carbons (Fsp3) is 0.200. The monoisotopic (exact) mass is 445 g/mol. The number of carbonyl (C=O) groups excluding carboxylic acids is 2. The highest BCUT2D eigenvalue weighted by atomic mass is 35.5. The number of rotatable bonds is 4. The minimum absolute atomic E-state index is 0.0505. The summed E-state index contributed by atoms with van der Waals surface area (Å²) in [5, 5.41) is 24.2. The van der Waals surface area contributed by atoms with Gasteiger partial charge in [-0.05, 0) is 48.4 Å². The molecule has 30 heavy (non-hydrogen) atoms. The number of nitrogens with one attached hydrogen (secondary N) is 1. The highest BCUT2D eigenvalue weighted by Crippen LogP contribution is 2.47. The van der Waals surface area contributed by atoms with E-state index in [1.165, 1.54) is 28.8 Å². The Bertz CT molecular complexity index is 1100. The van der Waals surface area contributed by atoms with Crippen LogP contribution in [0.3, 0.4) is 0 Å². The molecule has 2 amide bonds. The van der Waals surface area contributed by atoms with Crippen LogP contribution in [0, 0.1) is 17.0 Å². The van der Waals surface area contributed by atoms with E-state index in [1.807, 2.05) is 0 Å². The van der Waals surface area contributed by atoms with Crippen LogP contribution in [0.5, 0.6) is 0 Å². The number of non-ortho nitro benzene ring substituents is 1. The van der Waals surface area contributed by atoms with Gasteiger partial charge in [0, 0.05) is 28.6 Å². The smallest absolute Gasteiger partial charge is 0.269 e. The molecule has 0 saturated carbocycles. The molecule has 0 spiro atoms. The average molecular weight is 446 g/mol. The van der Waals surface area contributed by atoms with E-state index in [4.69, 9.17) is 11.6 Å². The van der Waals surface area contributed by atoms with Crippen LogP contribution in [0.25, 0.3) is 0 Å². The van der Waals surface area contributed by atoms with Gasteiger partial charge in [0.25, 0.3) is 17.5 Å². The molecule has 10 heteroatoms. The van der Waals surface area contributed by atoms with Crippen LogP contribution in [-0.2, 0) is 9.59 Å².